The Labute approximate surface area is 230 Å². The van der Waals surface area contributed by atoms with Gasteiger partial charge in [0, 0.05) is 53.8 Å². The summed E-state index contributed by atoms with van der Waals surface area (Å²) in [4.78, 5) is 13.2. The topological polar surface area (TPSA) is 218 Å². The minimum absolute atomic E-state index is 0.00576. The molecule has 4 aromatic carbocycles. The van der Waals surface area contributed by atoms with E-state index in [1.54, 1.807) is 0 Å². The third-order valence-electron chi connectivity index (χ3n) is 7.43. The fourth-order valence-electron chi connectivity index (χ4n) is 5.52. The highest BCUT2D eigenvalue weighted by Gasteiger charge is 2.36. The van der Waals surface area contributed by atoms with Crippen molar-refractivity contribution in [2.45, 2.75) is 37.3 Å². The van der Waals surface area contributed by atoms with E-state index in [1.165, 1.54) is 18.2 Å². The number of ether oxygens (including phenoxy) is 2. The van der Waals surface area contributed by atoms with E-state index in [1.807, 2.05) is 0 Å². The minimum atomic E-state index is -1.34. The van der Waals surface area contributed by atoms with Crippen LogP contribution in [0.2, 0.25) is 0 Å². The number of aromatic hydroxyl groups is 7. The molecule has 12 heteroatoms. The molecule has 212 valence electrons. The molecular formula is C29H24O12. The van der Waals surface area contributed by atoms with E-state index in [0.717, 1.165) is 24.3 Å². The molecule has 12 nitrogen and oxygen atoms in total. The first-order chi connectivity index (χ1) is 19.4. The molecule has 6 rings (SSSR count). The lowest BCUT2D eigenvalue weighted by molar-refractivity contribution is 0.0193. The predicted octanol–water partition coefficient (Wildman–Crippen LogP) is 2.21. The van der Waals surface area contributed by atoms with Gasteiger partial charge in [0.2, 0.25) is 5.43 Å². The Balaban J connectivity index is 1.56. The molecule has 2 aliphatic heterocycles. The molecule has 0 saturated heterocycles. The van der Waals surface area contributed by atoms with Crippen molar-refractivity contribution in [2.24, 2.45) is 0 Å². The van der Waals surface area contributed by atoms with Crippen molar-refractivity contribution in [3.8, 4) is 51.7 Å². The van der Waals surface area contributed by atoms with Gasteiger partial charge < -0.3 is 55.4 Å². The molecule has 0 aliphatic carbocycles. The Bertz CT molecular complexity index is 1800. The fraction of sp³-hybridized carbons (Fsp3) is 0.207. The number of rotatable bonds is 2. The summed E-state index contributed by atoms with van der Waals surface area (Å²) < 4.78 is 11.8. The van der Waals surface area contributed by atoms with Crippen molar-refractivity contribution in [3.05, 3.63) is 74.9 Å². The van der Waals surface area contributed by atoms with E-state index in [2.05, 4.69) is 0 Å². The molecule has 1 unspecified atom stereocenters. The van der Waals surface area contributed by atoms with Gasteiger partial charge in [-0.05, 0) is 29.1 Å². The van der Waals surface area contributed by atoms with Crippen LogP contribution >= 0.6 is 0 Å². The van der Waals surface area contributed by atoms with Gasteiger partial charge in [-0.25, -0.2) is 0 Å². The van der Waals surface area contributed by atoms with E-state index in [0.29, 0.717) is 0 Å². The third-order valence-corrected chi connectivity index (χ3v) is 7.43. The van der Waals surface area contributed by atoms with E-state index in [-0.39, 0.29) is 75.0 Å². The monoisotopic (exact) mass is 564 g/mol. The maximum absolute atomic E-state index is 13.2. The molecule has 0 saturated carbocycles. The summed E-state index contributed by atoms with van der Waals surface area (Å²) in [7, 11) is 0. The molecule has 2 aliphatic rings. The van der Waals surface area contributed by atoms with Gasteiger partial charge in [0.15, 0.2) is 23.4 Å². The lowest BCUT2D eigenvalue weighted by atomic mass is 9.90. The summed E-state index contributed by atoms with van der Waals surface area (Å²) in [5, 5.41) is 93.5. The molecule has 2 heterocycles. The number of phenolic OH excluding ortho intramolecular Hbond substituents is 6. The van der Waals surface area contributed by atoms with Crippen molar-refractivity contribution in [3.63, 3.8) is 0 Å². The third kappa shape index (κ3) is 4.20. The first-order valence-electron chi connectivity index (χ1n) is 12.5. The van der Waals surface area contributed by atoms with E-state index < -0.39 is 52.5 Å². The molecular weight excluding hydrogens is 540 g/mol. The van der Waals surface area contributed by atoms with Crippen molar-refractivity contribution in [1.29, 1.82) is 0 Å². The van der Waals surface area contributed by atoms with Crippen molar-refractivity contribution in [2.75, 3.05) is 0 Å². The highest BCUT2D eigenvalue weighted by molar-refractivity contribution is 5.94. The second-order valence-corrected chi connectivity index (χ2v) is 10.1. The summed E-state index contributed by atoms with van der Waals surface area (Å²) in [6.07, 6.45) is -5.40. The van der Waals surface area contributed by atoms with Crippen LogP contribution in [-0.2, 0) is 12.8 Å². The van der Waals surface area contributed by atoms with Crippen LogP contribution in [-0.4, -0.2) is 58.2 Å². The van der Waals surface area contributed by atoms with Crippen LogP contribution in [0.25, 0.3) is 10.8 Å². The highest BCUT2D eigenvalue weighted by atomic mass is 16.5. The molecule has 0 spiro atoms. The second kappa shape index (κ2) is 9.25. The predicted molar refractivity (Wildman–Crippen MR) is 141 cm³/mol. The highest BCUT2D eigenvalue weighted by Crippen LogP contribution is 2.47. The largest absolute Gasteiger partial charge is 0.508 e. The van der Waals surface area contributed by atoms with E-state index >= 15 is 0 Å². The molecule has 4 aromatic rings. The number of aliphatic hydroxyl groups excluding tert-OH is 2. The second-order valence-electron chi connectivity index (χ2n) is 10.1. The summed E-state index contributed by atoms with van der Waals surface area (Å²) in [5.74, 6) is -3.57. The van der Waals surface area contributed by atoms with Gasteiger partial charge in [-0.1, -0.05) is 0 Å². The Morgan fingerprint density at radius 2 is 1.15 bits per heavy atom. The first-order valence-corrected chi connectivity index (χ1v) is 12.5. The van der Waals surface area contributed by atoms with E-state index in [4.69, 9.17) is 9.47 Å². The smallest absolute Gasteiger partial charge is 0.231 e. The average Bonchev–Trinajstić information content (AvgIpc) is 3.03. The molecule has 0 fully saturated rings. The van der Waals surface area contributed by atoms with E-state index in [9.17, 15) is 50.8 Å². The Kier molecular flexibility index (Phi) is 5.90. The number of fused-ring (bicyclic) bond motifs is 3. The lowest BCUT2D eigenvalue weighted by Crippen LogP contribution is -2.31. The molecule has 0 amide bonds. The fourth-order valence-corrected chi connectivity index (χ4v) is 5.52. The maximum atomic E-state index is 13.2. The van der Waals surface area contributed by atoms with Crippen LogP contribution < -0.4 is 14.9 Å². The SMILES string of the molecule is O=c1c(O)cc(C2Oc3cc(O)cc(O)c3C[C@H]2O)cc2c([C@H]3Oc4cc(O)cc(O)c4C[C@H]3O)cc(O)c(O)c12. The first kappa shape index (κ1) is 26.2. The molecule has 0 bridgehead atoms. The molecule has 0 radical (unpaired) electrons. The van der Waals surface area contributed by atoms with Crippen LogP contribution in [0.4, 0.5) is 0 Å². The summed E-state index contributed by atoms with van der Waals surface area (Å²) in [6, 6.07) is 8.05. The average molecular weight is 564 g/mol. The Hall–Kier alpha value is -5.07. The minimum Gasteiger partial charge on any atom is -0.508 e. The zero-order valence-electron chi connectivity index (χ0n) is 21.0. The zero-order chi connectivity index (χ0) is 29.3. The van der Waals surface area contributed by atoms with Crippen LogP contribution in [0.5, 0.6) is 51.7 Å². The number of benzene rings is 3. The molecule has 9 N–H and O–H groups in total. The number of phenols is 6. The Morgan fingerprint density at radius 3 is 1.73 bits per heavy atom. The van der Waals surface area contributed by atoms with Crippen LogP contribution in [0, 0.1) is 0 Å². The number of aliphatic hydroxyl groups is 2. The van der Waals surface area contributed by atoms with Crippen LogP contribution in [0.1, 0.15) is 34.5 Å². The van der Waals surface area contributed by atoms with Gasteiger partial charge in [0.1, 0.15) is 40.6 Å². The number of hydrogen-bond donors (Lipinski definition) is 9. The normalized spacial score (nSPS) is 21.4. The number of hydrogen-bond acceptors (Lipinski definition) is 12. The van der Waals surface area contributed by atoms with Gasteiger partial charge in [0.05, 0.1) is 17.6 Å². The molecule has 0 aromatic heterocycles. The molecule has 4 atom stereocenters. The van der Waals surface area contributed by atoms with Crippen molar-refractivity contribution < 1.29 is 55.4 Å². The summed E-state index contributed by atoms with van der Waals surface area (Å²) in [6.45, 7) is 0. The van der Waals surface area contributed by atoms with Crippen molar-refractivity contribution in [1.82, 2.24) is 0 Å². The van der Waals surface area contributed by atoms with Gasteiger partial charge in [-0.3, -0.25) is 4.79 Å². The lowest BCUT2D eigenvalue weighted by Gasteiger charge is -2.32. The molecule has 41 heavy (non-hydrogen) atoms. The van der Waals surface area contributed by atoms with Gasteiger partial charge in [-0.2, -0.15) is 0 Å². The zero-order valence-corrected chi connectivity index (χ0v) is 21.0. The van der Waals surface area contributed by atoms with Gasteiger partial charge in [-0.15, -0.1) is 0 Å². The summed E-state index contributed by atoms with van der Waals surface area (Å²) >= 11 is 0. The van der Waals surface area contributed by atoms with Crippen LogP contribution in [0.15, 0.2) is 47.3 Å². The van der Waals surface area contributed by atoms with Crippen LogP contribution in [0.3, 0.4) is 0 Å². The van der Waals surface area contributed by atoms with Gasteiger partial charge >= 0.3 is 0 Å². The quantitative estimate of drug-likeness (QED) is 0.160. The Morgan fingerprint density at radius 1 is 0.610 bits per heavy atom. The van der Waals surface area contributed by atoms with Gasteiger partial charge in [0.25, 0.3) is 0 Å². The maximum Gasteiger partial charge on any atom is 0.231 e. The summed E-state index contributed by atoms with van der Waals surface area (Å²) in [5.41, 5.74) is -0.578. The standard InChI is InChI=1S/C29H24O12/c30-11-3-17(32)15-8-21(36)28(40-23(15)5-11)10-1-13-14(7-20(35)27(39)25(13)26(38)19(34)2-10)29-22(37)9-16-18(33)4-12(31)6-24(16)41-29/h1-7,21-22,28-33,35-37,39H,8-9H2,(H,34,38)/t21-,22-,28?,29-/m1/s1. The van der Waals surface area contributed by atoms with Crippen molar-refractivity contribution >= 4 is 10.8 Å².